The number of thioether (sulfide) groups is 1. The molecule has 0 unspecified atom stereocenters. The molecule has 29 heavy (non-hydrogen) atoms. The number of rotatable bonds is 10. The van der Waals surface area contributed by atoms with Crippen molar-refractivity contribution in [2.75, 3.05) is 12.4 Å². The van der Waals surface area contributed by atoms with Gasteiger partial charge in [0.1, 0.15) is 6.61 Å². The summed E-state index contributed by atoms with van der Waals surface area (Å²) >= 11 is 7.47. The van der Waals surface area contributed by atoms with Crippen LogP contribution in [0.25, 0.3) is 0 Å². The highest BCUT2D eigenvalue weighted by Crippen LogP contribution is 2.21. The van der Waals surface area contributed by atoms with Gasteiger partial charge in [0.15, 0.2) is 0 Å². The van der Waals surface area contributed by atoms with Crippen LogP contribution in [0.15, 0.2) is 59.5 Å². The van der Waals surface area contributed by atoms with Gasteiger partial charge in [-0.05, 0) is 42.0 Å². The Kier molecular flexibility index (Phi) is 10.1. The first kappa shape index (κ1) is 22.8. The van der Waals surface area contributed by atoms with E-state index in [9.17, 15) is 14.4 Å². The molecular weight excluding hydrogens is 412 g/mol. The van der Waals surface area contributed by atoms with Crippen LogP contribution in [0.2, 0.25) is 5.02 Å². The molecule has 154 valence electrons. The molecule has 0 saturated carbocycles. The van der Waals surface area contributed by atoms with Crippen molar-refractivity contribution in [2.45, 2.75) is 30.7 Å². The van der Waals surface area contributed by atoms with E-state index in [1.54, 1.807) is 11.8 Å². The zero-order valence-electron chi connectivity index (χ0n) is 15.9. The normalized spacial score (nSPS) is 10.2. The number of carbonyl (C=O) groups excluding carboxylic acids is 3. The maximum Gasteiger partial charge on any atom is 0.321 e. The number of benzene rings is 2. The molecule has 0 fully saturated rings. The van der Waals surface area contributed by atoms with Gasteiger partial charge in [-0.15, -0.1) is 11.8 Å². The summed E-state index contributed by atoms with van der Waals surface area (Å²) in [5.41, 5.74) is 0.929. The minimum atomic E-state index is -0.579. The van der Waals surface area contributed by atoms with Crippen LogP contribution in [-0.2, 0) is 20.9 Å². The van der Waals surface area contributed by atoms with Gasteiger partial charge < -0.3 is 10.1 Å². The Morgan fingerprint density at radius 2 is 1.69 bits per heavy atom. The van der Waals surface area contributed by atoms with E-state index in [4.69, 9.17) is 16.3 Å². The largest absolute Gasteiger partial charge is 0.465 e. The number of esters is 1. The first-order chi connectivity index (χ1) is 14.0. The van der Waals surface area contributed by atoms with Crippen molar-refractivity contribution < 1.29 is 19.1 Å². The Labute approximate surface area is 179 Å². The van der Waals surface area contributed by atoms with Gasteiger partial charge in [0.25, 0.3) is 0 Å². The lowest BCUT2D eigenvalue weighted by Gasteiger charge is -2.07. The Morgan fingerprint density at radius 1 is 0.966 bits per heavy atom. The van der Waals surface area contributed by atoms with Gasteiger partial charge >= 0.3 is 12.0 Å². The van der Waals surface area contributed by atoms with E-state index in [0.717, 1.165) is 16.2 Å². The van der Waals surface area contributed by atoms with Crippen LogP contribution in [0.4, 0.5) is 4.79 Å². The Bertz CT molecular complexity index is 800. The molecule has 0 aromatic heterocycles. The molecule has 0 atom stereocenters. The second kappa shape index (κ2) is 12.9. The van der Waals surface area contributed by atoms with E-state index in [0.29, 0.717) is 18.0 Å². The summed E-state index contributed by atoms with van der Waals surface area (Å²) in [6.07, 6.45) is 0.879. The SMILES string of the molecule is O=C(CCOC(=O)CCCSc1ccc(Cl)cc1)NC(=O)NCc1ccccc1. The smallest absolute Gasteiger partial charge is 0.321 e. The lowest BCUT2D eigenvalue weighted by Crippen LogP contribution is -2.39. The molecule has 3 amide bonds. The lowest BCUT2D eigenvalue weighted by atomic mass is 10.2. The molecule has 0 radical (unpaired) electrons. The number of hydrogen-bond acceptors (Lipinski definition) is 5. The molecule has 2 N–H and O–H groups in total. The highest BCUT2D eigenvalue weighted by Gasteiger charge is 2.09. The fourth-order valence-electron chi connectivity index (χ4n) is 2.28. The maximum absolute atomic E-state index is 11.7. The van der Waals surface area contributed by atoms with Crippen LogP contribution in [0.5, 0.6) is 0 Å². The number of hydrogen-bond donors (Lipinski definition) is 2. The third kappa shape index (κ3) is 10.0. The van der Waals surface area contributed by atoms with E-state index < -0.39 is 11.9 Å². The van der Waals surface area contributed by atoms with Crippen LogP contribution in [0.3, 0.4) is 0 Å². The van der Waals surface area contributed by atoms with E-state index in [1.165, 1.54) is 0 Å². The minimum Gasteiger partial charge on any atom is -0.465 e. The van der Waals surface area contributed by atoms with Crippen molar-refractivity contribution in [3.8, 4) is 0 Å². The van der Waals surface area contributed by atoms with Crippen molar-refractivity contribution in [3.63, 3.8) is 0 Å². The van der Waals surface area contributed by atoms with Crippen LogP contribution in [0.1, 0.15) is 24.8 Å². The highest BCUT2D eigenvalue weighted by atomic mass is 35.5. The van der Waals surface area contributed by atoms with Gasteiger partial charge in [-0.3, -0.25) is 14.9 Å². The number of amides is 3. The summed E-state index contributed by atoms with van der Waals surface area (Å²) in [5, 5.41) is 5.49. The molecule has 0 spiro atoms. The molecule has 0 heterocycles. The summed E-state index contributed by atoms with van der Waals surface area (Å²) in [7, 11) is 0. The van der Waals surface area contributed by atoms with Crippen molar-refractivity contribution in [3.05, 3.63) is 65.2 Å². The van der Waals surface area contributed by atoms with Crippen molar-refractivity contribution in [1.29, 1.82) is 0 Å². The summed E-state index contributed by atoms with van der Waals surface area (Å²) in [6.45, 7) is 0.268. The molecule has 0 bridgehead atoms. The Morgan fingerprint density at radius 3 is 2.41 bits per heavy atom. The predicted octanol–water partition coefficient (Wildman–Crippen LogP) is 4.17. The van der Waals surface area contributed by atoms with Crippen LogP contribution in [-0.4, -0.2) is 30.3 Å². The Hall–Kier alpha value is -2.51. The third-order valence-corrected chi connectivity index (χ3v) is 5.10. The van der Waals surface area contributed by atoms with E-state index in [2.05, 4.69) is 10.6 Å². The third-order valence-electron chi connectivity index (χ3n) is 3.75. The fraction of sp³-hybridized carbons (Fsp3) is 0.286. The average molecular weight is 435 g/mol. The van der Waals surface area contributed by atoms with Gasteiger partial charge in [-0.25, -0.2) is 4.79 Å². The van der Waals surface area contributed by atoms with Gasteiger partial charge in [0, 0.05) is 22.9 Å². The van der Waals surface area contributed by atoms with E-state index in [1.807, 2.05) is 54.6 Å². The van der Waals surface area contributed by atoms with Crippen LogP contribution in [0, 0.1) is 0 Å². The molecule has 0 saturated heterocycles. The Balaban J connectivity index is 1.50. The number of ether oxygens (including phenoxy) is 1. The number of urea groups is 1. The fourth-order valence-corrected chi connectivity index (χ4v) is 3.26. The maximum atomic E-state index is 11.7. The zero-order valence-corrected chi connectivity index (χ0v) is 17.4. The van der Waals surface area contributed by atoms with Crippen LogP contribution < -0.4 is 10.6 Å². The molecule has 2 aromatic carbocycles. The van der Waals surface area contributed by atoms with Crippen LogP contribution >= 0.6 is 23.4 Å². The monoisotopic (exact) mass is 434 g/mol. The zero-order chi connectivity index (χ0) is 20.9. The van der Waals surface area contributed by atoms with Crippen molar-refractivity contribution in [1.82, 2.24) is 10.6 Å². The second-order valence-electron chi connectivity index (χ2n) is 6.09. The molecule has 2 rings (SSSR count). The number of halogens is 1. The van der Waals surface area contributed by atoms with Gasteiger partial charge in [0.2, 0.25) is 5.91 Å². The highest BCUT2D eigenvalue weighted by molar-refractivity contribution is 7.99. The molecule has 2 aromatic rings. The molecular formula is C21H23ClN2O4S. The molecule has 6 nitrogen and oxygen atoms in total. The topological polar surface area (TPSA) is 84.5 Å². The van der Waals surface area contributed by atoms with Gasteiger partial charge in [0.05, 0.1) is 6.42 Å². The van der Waals surface area contributed by atoms with Gasteiger partial charge in [-0.2, -0.15) is 0 Å². The standard InChI is InChI=1S/C21H23ClN2O4S/c22-17-8-10-18(11-9-17)29-14-4-7-20(26)28-13-12-19(25)24-21(27)23-15-16-5-2-1-3-6-16/h1-3,5-6,8-11H,4,7,12-15H2,(H2,23,24,25,27). The molecule has 8 heteroatoms. The van der Waals surface area contributed by atoms with Crippen molar-refractivity contribution >= 4 is 41.3 Å². The average Bonchev–Trinajstić information content (AvgIpc) is 2.72. The first-order valence-electron chi connectivity index (χ1n) is 9.18. The predicted molar refractivity (Wildman–Crippen MR) is 114 cm³/mol. The summed E-state index contributed by atoms with van der Waals surface area (Å²) in [5.74, 6) is -0.0802. The molecule has 0 aliphatic rings. The summed E-state index contributed by atoms with van der Waals surface area (Å²) in [4.78, 5) is 36.2. The van der Waals surface area contributed by atoms with E-state index >= 15 is 0 Å². The summed E-state index contributed by atoms with van der Waals surface area (Å²) < 4.78 is 5.03. The lowest BCUT2D eigenvalue weighted by molar-refractivity contribution is -0.144. The van der Waals surface area contributed by atoms with E-state index in [-0.39, 0.29) is 25.4 Å². The first-order valence-corrected chi connectivity index (χ1v) is 10.5. The second-order valence-corrected chi connectivity index (χ2v) is 7.70. The van der Waals surface area contributed by atoms with Gasteiger partial charge in [-0.1, -0.05) is 41.9 Å². The quantitative estimate of drug-likeness (QED) is 0.333. The minimum absolute atomic E-state index is 0.0546. The molecule has 0 aliphatic carbocycles. The number of imide groups is 1. The van der Waals surface area contributed by atoms with Crippen molar-refractivity contribution in [2.24, 2.45) is 0 Å². The molecule has 0 aliphatic heterocycles. The number of nitrogens with one attached hydrogen (secondary N) is 2. The summed E-state index contributed by atoms with van der Waals surface area (Å²) in [6, 6.07) is 16.3. The number of carbonyl (C=O) groups is 3.